The Morgan fingerprint density at radius 2 is 1.80 bits per heavy atom. The van der Waals surface area contributed by atoms with Crippen molar-refractivity contribution in [3.8, 4) is 0 Å². The average molecular weight is 360 g/mol. The topological polar surface area (TPSA) is 66.5 Å². The summed E-state index contributed by atoms with van der Waals surface area (Å²) in [6.07, 6.45) is 1.68. The molecule has 0 saturated carbocycles. The van der Waals surface area contributed by atoms with Gasteiger partial charge in [-0.1, -0.05) is 49.7 Å². The molecule has 0 aliphatic heterocycles. The minimum absolute atomic E-state index is 0.113. The second-order valence-corrected chi connectivity index (χ2v) is 7.69. The van der Waals surface area contributed by atoms with Crippen molar-refractivity contribution in [2.75, 3.05) is 13.6 Å². The molecule has 0 unspecified atom stereocenters. The fraction of sp³-hybridized carbons (Fsp3) is 0.316. The third kappa shape index (κ3) is 5.41. The van der Waals surface area contributed by atoms with Crippen LogP contribution in [0.5, 0.6) is 0 Å². The van der Waals surface area contributed by atoms with Gasteiger partial charge in [0.1, 0.15) is 0 Å². The predicted molar refractivity (Wildman–Crippen MR) is 98.8 cm³/mol. The van der Waals surface area contributed by atoms with Crippen LogP contribution in [-0.4, -0.2) is 32.8 Å². The van der Waals surface area contributed by atoms with Crippen LogP contribution in [-0.2, 0) is 16.6 Å². The number of nitrogens with one attached hydrogen (secondary N) is 1. The van der Waals surface area contributed by atoms with Gasteiger partial charge in [0.15, 0.2) is 0 Å². The van der Waals surface area contributed by atoms with E-state index >= 15 is 0 Å². The van der Waals surface area contributed by atoms with Crippen LogP contribution in [0.2, 0.25) is 0 Å². The summed E-state index contributed by atoms with van der Waals surface area (Å²) < 4.78 is 27.2. The van der Waals surface area contributed by atoms with E-state index < -0.39 is 10.0 Å². The lowest BCUT2D eigenvalue weighted by molar-refractivity contribution is 0.0785. The lowest BCUT2D eigenvalue weighted by Gasteiger charge is -2.18. The molecule has 1 amide bonds. The van der Waals surface area contributed by atoms with Crippen LogP contribution in [0.25, 0.3) is 0 Å². The zero-order valence-corrected chi connectivity index (χ0v) is 15.4. The summed E-state index contributed by atoms with van der Waals surface area (Å²) in [6.45, 7) is 2.85. The summed E-state index contributed by atoms with van der Waals surface area (Å²) in [5, 5.41) is 0. The fourth-order valence-corrected chi connectivity index (χ4v) is 3.53. The molecule has 2 aromatic carbocycles. The maximum absolute atomic E-state index is 12.6. The molecule has 0 fully saturated rings. The monoisotopic (exact) mass is 360 g/mol. The molecule has 0 atom stereocenters. The molecule has 0 aromatic heterocycles. The smallest absolute Gasteiger partial charge is 0.253 e. The first-order valence-corrected chi connectivity index (χ1v) is 9.81. The van der Waals surface area contributed by atoms with E-state index in [2.05, 4.69) is 4.72 Å². The lowest BCUT2D eigenvalue weighted by atomic mass is 10.1. The van der Waals surface area contributed by atoms with E-state index in [9.17, 15) is 13.2 Å². The Morgan fingerprint density at radius 3 is 2.48 bits per heavy atom. The minimum Gasteiger partial charge on any atom is -0.337 e. The molecule has 134 valence electrons. The summed E-state index contributed by atoms with van der Waals surface area (Å²) >= 11 is 0. The molecule has 0 spiro atoms. The molecule has 0 saturated heterocycles. The first-order valence-electron chi connectivity index (χ1n) is 8.33. The maximum Gasteiger partial charge on any atom is 0.253 e. The Morgan fingerprint density at radius 1 is 1.08 bits per heavy atom. The highest BCUT2D eigenvalue weighted by molar-refractivity contribution is 7.89. The highest BCUT2D eigenvalue weighted by atomic mass is 32.2. The van der Waals surface area contributed by atoms with Crippen molar-refractivity contribution >= 4 is 15.9 Å². The second-order valence-electron chi connectivity index (χ2n) is 5.93. The van der Waals surface area contributed by atoms with Crippen molar-refractivity contribution in [2.24, 2.45) is 0 Å². The lowest BCUT2D eigenvalue weighted by Crippen LogP contribution is -2.27. The van der Waals surface area contributed by atoms with Crippen LogP contribution < -0.4 is 4.72 Å². The number of hydrogen-bond donors (Lipinski definition) is 1. The number of carbonyl (C=O) groups excluding carboxylic acids is 1. The first kappa shape index (κ1) is 19.1. The highest BCUT2D eigenvalue weighted by Crippen LogP contribution is 2.14. The Kier molecular flexibility index (Phi) is 6.73. The third-order valence-electron chi connectivity index (χ3n) is 3.82. The third-order valence-corrected chi connectivity index (χ3v) is 5.28. The van der Waals surface area contributed by atoms with Gasteiger partial charge in [-0.25, -0.2) is 13.1 Å². The molecule has 6 heteroatoms. The molecule has 0 aliphatic carbocycles. The Hall–Kier alpha value is -2.18. The van der Waals surface area contributed by atoms with Gasteiger partial charge >= 0.3 is 0 Å². The molecule has 0 heterocycles. The zero-order valence-electron chi connectivity index (χ0n) is 14.6. The van der Waals surface area contributed by atoms with Crippen molar-refractivity contribution in [3.05, 3.63) is 65.7 Å². The Balaban J connectivity index is 2.13. The number of hydrogen-bond acceptors (Lipinski definition) is 3. The van der Waals surface area contributed by atoms with E-state index in [0.717, 1.165) is 18.4 Å². The van der Waals surface area contributed by atoms with Gasteiger partial charge in [-0.3, -0.25) is 4.79 Å². The average Bonchev–Trinajstić information content (AvgIpc) is 2.62. The minimum atomic E-state index is -3.59. The molecule has 25 heavy (non-hydrogen) atoms. The number of unbranched alkanes of at least 4 members (excludes halogenated alkanes) is 1. The molecule has 0 aliphatic rings. The molecular weight excluding hydrogens is 336 g/mol. The van der Waals surface area contributed by atoms with Gasteiger partial charge in [0, 0.05) is 25.7 Å². The summed E-state index contributed by atoms with van der Waals surface area (Å²) in [5.74, 6) is -0.213. The quantitative estimate of drug-likeness (QED) is 0.736. The van der Waals surface area contributed by atoms with Crippen LogP contribution in [0.1, 0.15) is 35.7 Å². The van der Waals surface area contributed by atoms with E-state index in [-0.39, 0.29) is 10.8 Å². The predicted octanol–water partition coefficient (Wildman–Crippen LogP) is 3.04. The summed E-state index contributed by atoms with van der Waals surface area (Å²) in [6, 6.07) is 15.8. The molecule has 0 radical (unpaired) electrons. The van der Waals surface area contributed by atoms with Crippen molar-refractivity contribution in [1.29, 1.82) is 0 Å². The Bertz CT molecular complexity index is 804. The fourth-order valence-electron chi connectivity index (χ4n) is 2.41. The van der Waals surface area contributed by atoms with Crippen LogP contribution in [0.15, 0.2) is 59.5 Å². The summed E-state index contributed by atoms with van der Waals surface area (Å²) in [5.41, 5.74) is 1.38. The van der Waals surface area contributed by atoms with Gasteiger partial charge in [0.2, 0.25) is 10.0 Å². The Labute approximate surface area is 149 Å². The molecule has 1 N–H and O–H groups in total. The van der Waals surface area contributed by atoms with E-state index in [1.807, 2.05) is 37.3 Å². The number of carbonyl (C=O) groups is 1. The second kappa shape index (κ2) is 8.78. The standard InChI is InChI=1S/C19H24N2O3S/c1-3-4-13-20-25(23,24)18-12-8-11-17(14-18)19(22)21(2)15-16-9-6-5-7-10-16/h5-12,14,20H,3-4,13,15H2,1-2H3. The van der Waals surface area contributed by atoms with Gasteiger partial charge in [0.25, 0.3) is 5.91 Å². The number of sulfonamides is 1. The molecule has 2 aromatic rings. The number of rotatable bonds is 8. The van der Waals surface area contributed by atoms with Gasteiger partial charge in [-0.05, 0) is 30.2 Å². The maximum atomic E-state index is 12.6. The zero-order chi connectivity index (χ0) is 18.3. The van der Waals surface area contributed by atoms with Crippen molar-refractivity contribution < 1.29 is 13.2 Å². The van der Waals surface area contributed by atoms with Gasteiger partial charge < -0.3 is 4.90 Å². The van der Waals surface area contributed by atoms with E-state index in [1.54, 1.807) is 24.1 Å². The normalized spacial score (nSPS) is 11.3. The number of benzene rings is 2. The number of amides is 1. The van der Waals surface area contributed by atoms with Crippen molar-refractivity contribution in [2.45, 2.75) is 31.2 Å². The van der Waals surface area contributed by atoms with E-state index in [1.165, 1.54) is 12.1 Å². The largest absolute Gasteiger partial charge is 0.337 e. The number of nitrogens with zero attached hydrogens (tertiary/aromatic N) is 1. The highest BCUT2D eigenvalue weighted by Gasteiger charge is 2.17. The van der Waals surface area contributed by atoms with Crippen molar-refractivity contribution in [3.63, 3.8) is 0 Å². The van der Waals surface area contributed by atoms with Gasteiger partial charge in [-0.15, -0.1) is 0 Å². The van der Waals surface area contributed by atoms with Gasteiger partial charge in [0.05, 0.1) is 4.90 Å². The van der Waals surface area contributed by atoms with E-state index in [4.69, 9.17) is 0 Å². The van der Waals surface area contributed by atoms with Gasteiger partial charge in [-0.2, -0.15) is 0 Å². The first-order chi connectivity index (χ1) is 11.9. The molecular formula is C19H24N2O3S. The summed E-state index contributed by atoms with van der Waals surface area (Å²) in [4.78, 5) is 14.3. The van der Waals surface area contributed by atoms with Crippen molar-refractivity contribution in [1.82, 2.24) is 9.62 Å². The van der Waals surface area contributed by atoms with Crippen LogP contribution in [0.3, 0.4) is 0 Å². The summed E-state index contributed by atoms with van der Waals surface area (Å²) in [7, 11) is -1.89. The molecule has 0 bridgehead atoms. The van der Waals surface area contributed by atoms with Crippen LogP contribution in [0.4, 0.5) is 0 Å². The van der Waals surface area contributed by atoms with Crippen LogP contribution >= 0.6 is 0 Å². The molecule has 5 nitrogen and oxygen atoms in total. The molecule has 2 rings (SSSR count). The SMILES string of the molecule is CCCCNS(=O)(=O)c1cccc(C(=O)N(C)Cc2ccccc2)c1. The van der Waals surface area contributed by atoms with Crippen LogP contribution in [0, 0.1) is 0 Å². The van der Waals surface area contributed by atoms with E-state index in [0.29, 0.717) is 18.7 Å².